The van der Waals surface area contributed by atoms with Gasteiger partial charge in [0.05, 0.1) is 0 Å². The zero-order valence-electron chi connectivity index (χ0n) is 21.9. The van der Waals surface area contributed by atoms with Crippen LogP contribution in [0.2, 0.25) is 0 Å². The fourth-order valence-electron chi connectivity index (χ4n) is 7.74. The molecule has 0 radical (unpaired) electrons. The van der Waals surface area contributed by atoms with Gasteiger partial charge in [0.15, 0.2) is 0 Å². The fourth-order valence-corrected chi connectivity index (χ4v) is 7.74. The maximum Gasteiger partial charge on any atom is 0.143 e. The molecule has 0 saturated heterocycles. The van der Waals surface area contributed by atoms with Crippen molar-refractivity contribution < 1.29 is 8.83 Å². The first-order valence-electron chi connectivity index (χ1n) is 13.5. The number of furan rings is 2. The number of hydrogen-bond donors (Lipinski definition) is 0. The summed E-state index contributed by atoms with van der Waals surface area (Å²) >= 11 is 0. The van der Waals surface area contributed by atoms with E-state index in [2.05, 4.69) is 100 Å². The van der Waals surface area contributed by atoms with Crippen LogP contribution in [-0.4, -0.2) is 0 Å². The van der Waals surface area contributed by atoms with Crippen LogP contribution in [0.25, 0.3) is 66.1 Å². The van der Waals surface area contributed by atoms with Gasteiger partial charge in [-0.15, -0.1) is 0 Å². The van der Waals surface area contributed by atoms with Gasteiger partial charge in [-0.05, 0) is 45.5 Å². The molecule has 2 aromatic heterocycles. The van der Waals surface area contributed by atoms with E-state index in [1.54, 1.807) is 0 Å². The predicted molar refractivity (Wildman–Crippen MR) is 156 cm³/mol. The van der Waals surface area contributed by atoms with Gasteiger partial charge in [0.25, 0.3) is 0 Å². The van der Waals surface area contributed by atoms with Crippen LogP contribution in [0.15, 0.2) is 93.8 Å². The summed E-state index contributed by atoms with van der Waals surface area (Å²) in [7, 11) is 0. The predicted octanol–water partition coefficient (Wildman–Crippen LogP) is 10.1. The van der Waals surface area contributed by atoms with Gasteiger partial charge in [0.2, 0.25) is 0 Å². The minimum Gasteiger partial charge on any atom is -0.455 e. The van der Waals surface area contributed by atoms with Crippen molar-refractivity contribution in [2.75, 3.05) is 0 Å². The second-order valence-electron chi connectivity index (χ2n) is 12.1. The third-order valence-corrected chi connectivity index (χ3v) is 9.43. The molecule has 2 nitrogen and oxygen atoms in total. The summed E-state index contributed by atoms with van der Waals surface area (Å²) in [6.45, 7) is 9.51. The van der Waals surface area contributed by atoms with Gasteiger partial charge in [-0.1, -0.05) is 100 Å². The molecule has 5 aromatic carbocycles. The van der Waals surface area contributed by atoms with Crippen molar-refractivity contribution >= 4 is 43.9 Å². The van der Waals surface area contributed by atoms with E-state index in [0.29, 0.717) is 0 Å². The highest BCUT2D eigenvalue weighted by molar-refractivity contribution is 6.14. The molecule has 0 fully saturated rings. The maximum atomic E-state index is 6.55. The van der Waals surface area contributed by atoms with Gasteiger partial charge >= 0.3 is 0 Å². The summed E-state index contributed by atoms with van der Waals surface area (Å²) in [5, 5.41) is 4.74. The van der Waals surface area contributed by atoms with Crippen LogP contribution in [0, 0.1) is 0 Å². The molecule has 0 amide bonds. The molecule has 38 heavy (non-hydrogen) atoms. The first-order valence-corrected chi connectivity index (χ1v) is 13.5. The highest BCUT2D eigenvalue weighted by atomic mass is 16.3. The molecule has 2 aliphatic carbocycles. The molecule has 2 heteroatoms. The van der Waals surface area contributed by atoms with Gasteiger partial charge in [-0.25, -0.2) is 0 Å². The lowest BCUT2D eigenvalue weighted by molar-refractivity contribution is 0.600. The minimum absolute atomic E-state index is 0.157. The second kappa shape index (κ2) is 6.39. The number of fused-ring (bicyclic) bond motifs is 15. The summed E-state index contributed by atoms with van der Waals surface area (Å²) in [6, 6.07) is 30.6. The van der Waals surface area contributed by atoms with Gasteiger partial charge in [0, 0.05) is 43.5 Å². The van der Waals surface area contributed by atoms with Gasteiger partial charge in [-0.3, -0.25) is 0 Å². The van der Waals surface area contributed by atoms with Crippen LogP contribution in [0.5, 0.6) is 0 Å². The van der Waals surface area contributed by atoms with E-state index in [-0.39, 0.29) is 10.8 Å². The van der Waals surface area contributed by atoms with Crippen LogP contribution in [-0.2, 0) is 10.8 Å². The Morgan fingerprint density at radius 3 is 1.32 bits per heavy atom. The van der Waals surface area contributed by atoms with Crippen molar-refractivity contribution in [2.24, 2.45) is 0 Å². The Kier molecular flexibility index (Phi) is 3.49. The SMILES string of the molecule is CC1(C)c2ccc3c(oc4ccccc43)c2-c2ccc3c(c21)C(C)(C)c1ccc2c(oc4ccccc42)c1-3. The highest BCUT2D eigenvalue weighted by Crippen LogP contribution is 2.61. The van der Waals surface area contributed by atoms with Gasteiger partial charge in [-0.2, -0.15) is 0 Å². The summed E-state index contributed by atoms with van der Waals surface area (Å²) < 4.78 is 13.1. The van der Waals surface area contributed by atoms with Crippen LogP contribution in [0.1, 0.15) is 49.9 Å². The third-order valence-electron chi connectivity index (χ3n) is 9.43. The molecule has 182 valence electrons. The number of rotatable bonds is 0. The van der Waals surface area contributed by atoms with Crippen LogP contribution in [0.3, 0.4) is 0 Å². The lowest BCUT2D eigenvalue weighted by Crippen LogP contribution is -2.24. The molecule has 0 spiro atoms. The van der Waals surface area contributed by atoms with Crippen molar-refractivity contribution in [1.82, 2.24) is 0 Å². The number of para-hydroxylation sites is 2. The van der Waals surface area contributed by atoms with E-state index in [1.807, 2.05) is 12.1 Å². The summed E-state index contributed by atoms with van der Waals surface area (Å²) in [6.07, 6.45) is 0. The zero-order chi connectivity index (χ0) is 25.6. The van der Waals surface area contributed by atoms with E-state index in [0.717, 1.165) is 22.3 Å². The molecule has 2 aliphatic rings. The Morgan fingerprint density at radius 2 is 0.868 bits per heavy atom. The largest absolute Gasteiger partial charge is 0.455 e. The van der Waals surface area contributed by atoms with E-state index < -0.39 is 0 Å². The Balaban J connectivity index is 1.41. The van der Waals surface area contributed by atoms with Crippen molar-refractivity contribution in [3.05, 3.63) is 107 Å². The molecule has 0 bridgehead atoms. The topological polar surface area (TPSA) is 26.3 Å². The molecule has 9 rings (SSSR count). The average molecular weight is 491 g/mol. The van der Waals surface area contributed by atoms with E-state index in [4.69, 9.17) is 8.83 Å². The molecular weight excluding hydrogens is 464 g/mol. The quantitative estimate of drug-likeness (QED) is 0.211. The van der Waals surface area contributed by atoms with E-state index >= 15 is 0 Å². The first kappa shape index (κ1) is 20.7. The first-order chi connectivity index (χ1) is 18.4. The lowest BCUT2D eigenvalue weighted by Gasteiger charge is -2.30. The monoisotopic (exact) mass is 490 g/mol. The van der Waals surface area contributed by atoms with Crippen molar-refractivity contribution in [2.45, 2.75) is 38.5 Å². The zero-order valence-corrected chi connectivity index (χ0v) is 21.9. The molecule has 0 saturated carbocycles. The molecule has 0 atom stereocenters. The maximum absolute atomic E-state index is 6.55. The molecule has 0 aliphatic heterocycles. The van der Waals surface area contributed by atoms with E-state index in [9.17, 15) is 0 Å². The number of benzene rings is 5. The second-order valence-corrected chi connectivity index (χ2v) is 12.1. The van der Waals surface area contributed by atoms with Gasteiger partial charge in [0.1, 0.15) is 22.3 Å². The minimum atomic E-state index is -0.157. The van der Waals surface area contributed by atoms with Crippen LogP contribution >= 0.6 is 0 Å². The summed E-state index contributed by atoms with van der Waals surface area (Å²) in [5.74, 6) is 0. The average Bonchev–Trinajstić information content (AvgIpc) is 3.61. The Morgan fingerprint density at radius 1 is 0.447 bits per heavy atom. The molecule has 0 unspecified atom stereocenters. The smallest absolute Gasteiger partial charge is 0.143 e. The number of hydrogen-bond acceptors (Lipinski definition) is 2. The summed E-state index contributed by atoms with van der Waals surface area (Å²) in [5.41, 5.74) is 14.2. The lowest BCUT2D eigenvalue weighted by atomic mass is 9.72. The fraction of sp³-hybridized carbons (Fsp3) is 0.167. The van der Waals surface area contributed by atoms with Crippen molar-refractivity contribution in [1.29, 1.82) is 0 Å². The summed E-state index contributed by atoms with van der Waals surface area (Å²) in [4.78, 5) is 0. The molecule has 0 N–H and O–H groups in total. The van der Waals surface area contributed by atoms with Crippen molar-refractivity contribution in [3.63, 3.8) is 0 Å². The normalized spacial score (nSPS) is 16.3. The Bertz CT molecular complexity index is 2020. The molecule has 7 aromatic rings. The van der Waals surface area contributed by atoms with Crippen molar-refractivity contribution in [3.8, 4) is 22.3 Å². The molecular formula is C36H26O2. The van der Waals surface area contributed by atoms with Gasteiger partial charge < -0.3 is 8.83 Å². The standard InChI is InChI=1S/C36H26O2/c1-35(2)25-17-15-21-19-9-5-7-11-27(19)37-33(21)29(25)23-13-14-24-30-26(36(3,4)32(24)31(23)35)18-16-22-20-10-6-8-12-28(20)38-34(22)30/h5-18H,1-4H3. The highest BCUT2D eigenvalue weighted by Gasteiger charge is 2.47. The van der Waals surface area contributed by atoms with Crippen LogP contribution < -0.4 is 0 Å². The Hall–Kier alpha value is -4.30. The Labute approximate surface area is 220 Å². The third kappa shape index (κ3) is 2.19. The van der Waals surface area contributed by atoms with E-state index in [1.165, 1.54) is 66.1 Å². The van der Waals surface area contributed by atoms with Crippen LogP contribution in [0.4, 0.5) is 0 Å². The molecule has 2 heterocycles.